The number of hydroxylamine groups is 2. The van der Waals surface area contributed by atoms with E-state index in [0.717, 1.165) is 0 Å². The van der Waals surface area contributed by atoms with E-state index in [0.29, 0.717) is 0 Å². The summed E-state index contributed by atoms with van der Waals surface area (Å²) in [6, 6.07) is 0. The lowest BCUT2D eigenvalue weighted by Gasteiger charge is -2.11. The molecule has 14 heavy (non-hydrogen) atoms. The average molecular weight is 197 g/mol. The van der Waals surface area contributed by atoms with Crippen molar-refractivity contribution < 1.29 is 24.3 Å². The standard InChI is InChI=1S/C8H7NO5/c10-7-1-2(8(11)9(7)12)4-6-5(14-6)3(1)13-4/h1-6,12H. The number of imide groups is 1. The summed E-state index contributed by atoms with van der Waals surface area (Å²) in [7, 11) is 0. The first-order valence-corrected chi connectivity index (χ1v) is 4.58. The molecule has 74 valence electrons. The molecule has 0 aliphatic carbocycles. The first kappa shape index (κ1) is 7.33. The molecule has 6 atom stereocenters. The molecule has 6 nitrogen and oxygen atoms in total. The molecule has 2 bridgehead atoms. The van der Waals surface area contributed by atoms with E-state index in [9.17, 15) is 14.8 Å². The third kappa shape index (κ3) is 0.546. The van der Waals surface area contributed by atoms with Crippen molar-refractivity contribution >= 4 is 11.8 Å². The normalized spacial score (nSPS) is 57.9. The highest BCUT2D eigenvalue weighted by Gasteiger charge is 2.75. The Labute approximate surface area is 78.3 Å². The van der Waals surface area contributed by atoms with Crippen molar-refractivity contribution in [2.45, 2.75) is 24.4 Å². The van der Waals surface area contributed by atoms with Gasteiger partial charge >= 0.3 is 0 Å². The van der Waals surface area contributed by atoms with E-state index in [1.165, 1.54) is 0 Å². The van der Waals surface area contributed by atoms with Gasteiger partial charge in [-0.3, -0.25) is 14.8 Å². The number of fused-ring (bicyclic) bond motifs is 8. The Hall–Kier alpha value is -0.980. The number of nitrogens with zero attached hydrogens (tertiary/aromatic N) is 1. The molecule has 1 N–H and O–H groups in total. The Morgan fingerprint density at radius 3 is 1.86 bits per heavy atom. The number of epoxide rings is 1. The average Bonchev–Trinajstić information content (AvgIpc) is 2.74. The fourth-order valence-electron chi connectivity index (χ4n) is 2.97. The quantitative estimate of drug-likeness (QED) is 0.291. The third-order valence-electron chi connectivity index (χ3n) is 3.61. The van der Waals surface area contributed by atoms with Gasteiger partial charge in [0.25, 0.3) is 11.8 Å². The van der Waals surface area contributed by atoms with Crippen molar-refractivity contribution in [2.75, 3.05) is 0 Å². The predicted octanol–water partition coefficient (Wildman–Crippen LogP) is -1.47. The van der Waals surface area contributed by atoms with E-state index in [1.807, 2.05) is 0 Å². The van der Waals surface area contributed by atoms with Gasteiger partial charge in [0, 0.05) is 0 Å². The van der Waals surface area contributed by atoms with E-state index in [-0.39, 0.29) is 29.5 Å². The zero-order chi connectivity index (χ0) is 9.61. The summed E-state index contributed by atoms with van der Waals surface area (Å²) in [6.07, 6.45) is -0.679. The lowest BCUT2D eigenvalue weighted by atomic mass is 9.81. The highest BCUT2D eigenvalue weighted by Crippen LogP contribution is 2.56. The summed E-state index contributed by atoms with van der Waals surface area (Å²) in [6.45, 7) is 0. The summed E-state index contributed by atoms with van der Waals surface area (Å²) in [5, 5.41) is 9.41. The monoisotopic (exact) mass is 197 g/mol. The highest BCUT2D eigenvalue weighted by molar-refractivity contribution is 6.05. The summed E-state index contributed by atoms with van der Waals surface area (Å²) in [5.74, 6) is -2.11. The van der Waals surface area contributed by atoms with Crippen LogP contribution in [-0.4, -0.2) is 46.5 Å². The van der Waals surface area contributed by atoms with Crippen LogP contribution in [0.25, 0.3) is 0 Å². The van der Waals surface area contributed by atoms with Gasteiger partial charge in [0.15, 0.2) is 0 Å². The minimum atomic E-state index is -0.540. The van der Waals surface area contributed by atoms with Gasteiger partial charge in [-0.2, -0.15) is 5.06 Å². The lowest BCUT2D eigenvalue weighted by molar-refractivity contribution is -0.177. The summed E-state index contributed by atoms with van der Waals surface area (Å²) < 4.78 is 10.8. The minimum absolute atomic E-state index is 0.0236. The largest absolute Gasteiger partial charge is 0.368 e. The molecule has 4 rings (SSSR count). The van der Waals surface area contributed by atoms with Crippen LogP contribution in [0.2, 0.25) is 0 Å². The summed E-state index contributed by atoms with van der Waals surface area (Å²) in [4.78, 5) is 22.9. The Bertz CT molecular complexity index is 337. The van der Waals surface area contributed by atoms with Gasteiger partial charge in [-0.25, -0.2) is 0 Å². The molecule has 4 fully saturated rings. The van der Waals surface area contributed by atoms with E-state index in [2.05, 4.69) is 0 Å². The molecule has 6 unspecified atom stereocenters. The first-order valence-electron chi connectivity index (χ1n) is 4.58. The van der Waals surface area contributed by atoms with Crippen molar-refractivity contribution in [3.63, 3.8) is 0 Å². The van der Waals surface area contributed by atoms with Crippen LogP contribution in [0.4, 0.5) is 0 Å². The summed E-state index contributed by atoms with van der Waals surface area (Å²) >= 11 is 0. The maximum atomic E-state index is 11.5. The molecule has 0 radical (unpaired) electrons. The highest BCUT2D eigenvalue weighted by atomic mass is 16.7. The van der Waals surface area contributed by atoms with E-state index < -0.39 is 23.7 Å². The van der Waals surface area contributed by atoms with Gasteiger partial charge in [-0.1, -0.05) is 0 Å². The maximum Gasteiger partial charge on any atom is 0.260 e. The lowest BCUT2D eigenvalue weighted by Crippen LogP contribution is -2.34. The Balaban J connectivity index is 1.82. The smallest absolute Gasteiger partial charge is 0.260 e. The van der Waals surface area contributed by atoms with E-state index >= 15 is 0 Å². The fourth-order valence-corrected chi connectivity index (χ4v) is 2.97. The van der Waals surface area contributed by atoms with Crippen molar-refractivity contribution in [3.05, 3.63) is 0 Å². The molecule has 4 aliphatic heterocycles. The number of carbonyl (C=O) groups is 2. The van der Waals surface area contributed by atoms with Gasteiger partial charge in [-0.05, 0) is 0 Å². The molecule has 0 saturated carbocycles. The molecular formula is C8H7NO5. The van der Waals surface area contributed by atoms with Gasteiger partial charge in [0.1, 0.15) is 12.2 Å². The number of amides is 2. The molecule has 6 heteroatoms. The SMILES string of the molecule is O=C1C2C3OC(C4OC43)C2C(=O)N1O. The van der Waals surface area contributed by atoms with Crippen molar-refractivity contribution in [1.29, 1.82) is 0 Å². The second kappa shape index (κ2) is 1.86. The first-order chi connectivity index (χ1) is 6.70. The van der Waals surface area contributed by atoms with Crippen molar-refractivity contribution in [3.8, 4) is 0 Å². The molecule has 0 aromatic carbocycles. The number of carbonyl (C=O) groups excluding carboxylic acids is 2. The van der Waals surface area contributed by atoms with Crippen LogP contribution in [0.1, 0.15) is 0 Å². The van der Waals surface area contributed by atoms with Gasteiger partial charge < -0.3 is 9.47 Å². The van der Waals surface area contributed by atoms with E-state index in [4.69, 9.17) is 9.47 Å². The molecule has 4 saturated heterocycles. The third-order valence-corrected chi connectivity index (χ3v) is 3.61. The Morgan fingerprint density at radius 1 is 0.929 bits per heavy atom. The van der Waals surface area contributed by atoms with Gasteiger partial charge in [0.2, 0.25) is 0 Å². The number of ether oxygens (including phenoxy) is 2. The Kier molecular flexibility index (Phi) is 0.973. The second-order valence-corrected chi connectivity index (χ2v) is 4.17. The van der Waals surface area contributed by atoms with Gasteiger partial charge in [0.05, 0.1) is 24.0 Å². The fraction of sp³-hybridized carbons (Fsp3) is 0.750. The molecule has 2 amide bonds. The second-order valence-electron chi connectivity index (χ2n) is 4.17. The van der Waals surface area contributed by atoms with Gasteiger partial charge in [-0.15, -0.1) is 0 Å². The van der Waals surface area contributed by atoms with Crippen LogP contribution in [-0.2, 0) is 19.1 Å². The number of hydrogen-bond acceptors (Lipinski definition) is 5. The van der Waals surface area contributed by atoms with Crippen LogP contribution in [0.3, 0.4) is 0 Å². The molecule has 4 aliphatic rings. The van der Waals surface area contributed by atoms with Crippen molar-refractivity contribution in [2.24, 2.45) is 11.8 Å². The molecule has 0 aromatic heterocycles. The zero-order valence-corrected chi connectivity index (χ0v) is 6.99. The van der Waals surface area contributed by atoms with Crippen LogP contribution in [0.15, 0.2) is 0 Å². The van der Waals surface area contributed by atoms with Crippen LogP contribution in [0.5, 0.6) is 0 Å². The maximum absolute atomic E-state index is 11.5. The molecule has 4 heterocycles. The topological polar surface area (TPSA) is 79.4 Å². The van der Waals surface area contributed by atoms with Crippen LogP contribution >= 0.6 is 0 Å². The van der Waals surface area contributed by atoms with Crippen LogP contribution in [0, 0.1) is 11.8 Å². The van der Waals surface area contributed by atoms with Crippen LogP contribution < -0.4 is 0 Å². The minimum Gasteiger partial charge on any atom is -0.368 e. The molecular weight excluding hydrogens is 190 g/mol. The zero-order valence-electron chi connectivity index (χ0n) is 6.99. The van der Waals surface area contributed by atoms with E-state index in [1.54, 1.807) is 0 Å². The predicted molar refractivity (Wildman–Crippen MR) is 37.9 cm³/mol. The molecule has 0 spiro atoms. The molecule has 0 aromatic rings. The number of hydrogen-bond donors (Lipinski definition) is 1. The number of rotatable bonds is 0. The Morgan fingerprint density at radius 2 is 1.36 bits per heavy atom. The van der Waals surface area contributed by atoms with Crippen molar-refractivity contribution in [1.82, 2.24) is 5.06 Å². The summed E-state index contributed by atoms with van der Waals surface area (Å²) in [5.41, 5.74) is 0.